The van der Waals surface area contributed by atoms with E-state index in [1.54, 1.807) is 6.92 Å². The number of halogens is 3. The second-order valence-corrected chi connectivity index (χ2v) is 3.43. The van der Waals surface area contributed by atoms with Crippen molar-refractivity contribution in [2.24, 2.45) is 0 Å². The summed E-state index contributed by atoms with van der Waals surface area (Å²) in [5, 5.41) is 5.26. The van der Waals surface area contributed by atoms with Crippen LogP contribution in [0.5, 0.6) is 0 Å². The summed E-state index contributed by atoms with van der Waals surface area (Å²) in [6, 6.07) is 3.51. The molecule has 0 saturated carbocycles. The standard InChI is InChI=1S/C11H14F2N2O.ClH/c1-7(11(16)14-2)15-6-8-4-3-5-9(12)10(8)13;/h3-5,7,15H,6H2,1-2H3,(H,14,16);1H/t7-;/m1./s1. The zero-order chi connectivity index (χ0) is 12.1. The summed E-state index contributed by atoms with van der Waals surface area (Å²) in [5.41, 5.74) is 0.204. The van der Waals surface area contributed by atoms with E-state index in [1.807, 2.05) is 0 Å². The molecule has 1 aromatic carbocycles. The van der Waals surface area contributed by atoms with Gasteiger partial charge in [0.15, 0.2) is 11.6 Å². The molecule has 0 saturated heterocycles. The molecule has 2 N–H and O–H groups in total. The number of hydrogen-bond acceptors (Lipinski definition) is 2. The number of carbonyl (C=O) groups excluding carboxylic acids is 1. The highest BCUT2D eigenvalue weighted by atomic mass is 35.5. The molecule has 1 aromatic rings. The third-order valence-electron chi connectivity index (χ3n) is 2.27. The van der Waals surface area contributed by atoms with Gasteiger partial charge < -0.3 is 10.6 Å². The van der Waals surface area contributed by atoms with Crippen LogP contribution in [0.1, 0.15) is 12.5 Å². The molecule has 17 heavy (non-hydrogen) atoms. The first-order chi connectivity index (χ1) is 7.56. The number of hydrogen-bond donors (Lipinski definition) is 2. The number of carbonyl (C=O) groups is 1. The fraction of sp³-hybridized carbons (Fsp3) is 0.364. The lowest BCUT2D eigenvalue weighted by Gasteiger charge is -2.12. The largest absolute Gasteiger partial charge is 0.358 e. The normalized spacial score (nSPS) is 11.5. The Balaban J connectivity index is 0.00000256. The number of likely N-dealkylation sites (N-methyl/N-ethyl adjacent to an activating group) is 1. The van der Waals surface area contributed by atoms with Crippen molar-refractivity contribution < 1.29 is 13.6 Å². The van der Waals surface area contributed by atoms with Crippen LogP contribution < -0.4 is 10.6 Å². The van der Waals surface area contributed by atoms with E-state index in [4.69, 9.17) is 0 Å². The van der Waals surface area contributed by atoms with Gasteiger partial charge in [-0.25, -0.2) is 8.78 Å². The summed E-state index contributed by atoms with van der Waals surface area (Å²) in [6.07, 6.45) is 0. The SMILES string of the molecule is CNC(=O)[C@@H](C)NCc1cccc(F)c1F.Cl. The predicted octanol–water partition coefficient (Wildman–Crippen LogP) is 1.61. The molecule has 3 nitrogen and oxygen atoms in total. The van der Waals surface area contributed by atoms with Gasteiger partial charge in [0.1, 0.15) is 0 Å². The van der Waals surface area contributed by atoms with E-state index in [-0.39, 0.29) is 30.4 Å². The second kappa shape index (κ2) is 7.19. The van der Waals surface area contributed by atoms with E-state index in [0.717, 1.165) is 6.07 Å². The van der Waals surface area contributed by atoms with Crippen LogP contribution in [-0.4, -0.2) is 19.0 Å². The molecule has 0 spiro atoms. The lowest BCUT2D eigenvalue weighted by molar-refractivity contribution is -0.122. The molecule has 0 radical (unpaired) electrons. The van der Waals surface area contributed by atoms with Gasteiger partial charge in [0.2, 0.25) is 5.91 Å². The summed E-state index contributed by atoms with van der Waals surface area (Å²) in [6.45, 7) is 1.76. The fourth-order valence-electron chi connectivity index (χ4n) is 1.26. The Morgan fingerprint density at radius 1 is 1.41 bits per heavy atom. The van der Waals surface area contributed by atoms with Gasteiger partial charge in [-0.05, 0) is 13.0 Å². The maximum absolute atomic E-state index is 13.2. The minimum atomic E-state index is -0.883. The van der Waals surface area contributed by atoms with Crippen LogP contribution in [-0.2, 0) is 11.3 Å². The van der Waals surface area contributed by atoms with E-state index in [2.05, 4.69) is 10.6 Å². The number of benzene rings is 1. The Morgan fingerprint density at radius 2 is 2.06 bits per heavy atom. The molecule has 96 valence electrons. The van der Waals surface area contributed by atoms with Crippen LogP contribution >= 0.6 is 12.4 Å². The van der Waals surface area contributed by atoms with E-state index in [0.29, 0.717) is 0 Å². The highest BCUT2D eigenvalue weighted by Gasteiger charge is 2.12. The van der Waals surface area contributed by atoms with Gasteiger partial charge in [-0.15, -0.1) is 12.4 Å². The summed E-state index contributed by atoms with van der Waals surface area (Å²) in [4.78, 5) is 11.1. The molecule has 1 atom stereocenters. The Labute approximate surface area is 105 Å². The summed E-state index contributed by atoms with van der Waals surface area (Å²) in [7, 11) is 1.52. The van der Waals surface area contributed by atoms with Gasteiger partial charge in [0, 0.05) is 19.2 Å². The lowest BCUT2D eigenvalue weighted by atomic mass is 10.2. The van der Waals surface area contributed by atoms with Crippen LogP contribution in [0, 0.1) is 11.6 Å². The molecule has 0 fully saturated rings. The smallest absolute Gasteiger partial charge is 0.236 e. The number of nitrogens with one attached hydrogen (secondary N) is 2. The molecule has 0 aliphatic rings. The summed E-state index contributed by atoms with van der Waals surface area (Å²) in [5.74, 6) is -1.96. The Morgan fingerprint density at radius 3 is 2.65 bits per heavy atom. The van der Waals surface area contributed by atoms with Crippen LogP contribution in [0.3, 0.4) is 0 Å². The van der Waals surface area contributed by atoms with Crippen molar-refractivity contribution in [1.82, 2.24) is 10.6 Å². The highest BCUT2D eigenvalue weighted by molar-refractivity contribution is 5.85. The zero-order valence-electron chi connectivity index (χ0n) is 9.59. The Kier molecular flexibility index (Phi) is 6.68. The zero-order valence-corrected chi connectivity index (χ0v) is 10.4. The van der Waals surface area contributed by atoms with Crippen LogP contribution in [0.25, 0.3) is 0 Å². The summed E-state index contributed by atoms with van der Waals surface area (Å²) >= 11 is 0. The van der Waals surface area contributed by atoms with Gasteiger partial charge >= 0.3 is 0 Å². The van der Waals surface area contributed by atoms with Crippen LogP contribution in [0.15, 0.2) is 18.2 Å². The molecule has 1 rings (SSSR count). The van der Waals surface area contributed by atoms with Crippen molar-refractivity contribution in [2.75, 3.05) is 7.05 Å². The van der Waals surface area contributed by atoms with E-state index in [1.165, 1.54) is 19.2 Å². The molecular weight excluding hydrogens is 250 g/mol. The van der Waals surface area contributed by atoms with Crippen LogP contribution in [0.4, 0.5) is 8.78 Å². The van der Waals surface area contributed by atoms with Crippen molar-refractivity contribution in [3.05, 3.63) is 35.4 Å². The topological polar surface area (TPSA) is 41.1 Å². The minimum Gasteiger partial charge on any atom is -0.358 e. The third kappa shape index (κ3) is 4.28. The van der Waals surface area contributed by atoms with E-state index < -0.39 is 17.7 Å². The molecule has 0 bridgehead atoms. The molecular formula is C11H15ClF2N2O. The number of rotatable bonds is 4. The van der Waals surface area contributed by atoms with Crippen LogP contribution in [0.2, 0.25) is 0 Å². The molecule has 0 unspecified atom stereocenters. The van der Waals surface area contributed by atoms with Crippen molar-refractivity contribution in [3.8, 4) is 0 Å². The molecule has 1 amide bonds. The van der Waals surface area contributed by atoms with Crippen molar-refractivity contribution >= 4 is 18.3 Å². The Hall–Kier alpha value is -1.20. The molecule has 0 aliphatic carbocycles. The lowest BCUT2D eigenvalue weighted by Crippen LogP contribution is -2.40. The average Bonchev–Trinajstić information content (AvgIpc) is 2.29. The Bertz CT molecular complexity index is 388. The van der Waals surface area contributed by atoms with Crippen molar-refractivity contribution in [2.45, 2.75) is 19.5 Å². The molecule has 0 aromatic heterocycles. The van der Waals surface area contributed by atoms with Gasteiger partial charge in [-0.3, -0.25) is 4.79 Å². The van der Waals surface area contributed by atoms with Gasteiger partial charge in [0.05, 0.1) is 6.04 Å². The first kappa shape index (κ1) is 15.8. The third-order valence-corrected chi connectivity index (χ3v) is 2.27. The van der Waals surface area contributed by atoms with E-state index in [9.17, 15) is 13.6 Å². The van der Waals surface area contributed by atoms with E-state index >= 15 is 0 Å². The first-order valence-electron chi connectivity index (χ1n) is 4.94. The highest BCUT2D eigenvalue weighted by Crippen LogP contribution is 2.10. The predicted molar refractivity (Wildman–Crippen MR) is 64.0 cm³/mol. The monoisotopic (exact) mass is 264 g/mol. The first-order valence-corrected chi connectivity index (χ1v) is 4.94. The number of amides is 1. The maximum Gasteiger partial charge on any atom is 0.236 e. The maximum atomic E-state index is 13.2. The van der Waals surface area contributed by atoms with Crippen molar-refractivity contribution in [1.29, 1.82) is 0 Å². The average molecular weight is 265 g/mol. The second-order valence-electron chi connectivity index (χ2n) is 3.43. The van der Waals surface area contributed by atoms with Gasteiger partial charge in [0.25, 0.3) is 0 Å². The van der Waals surface area contributed by atoms with Gasteiger partial charge in [-0.1, -0.05) is 12.1 Å². The quantitative estimate of drug-likeness (QED) is 0.868. The molecule has 0 heterocycles. The minimum absolute atomic E-state index is 0. The van der Waals surface area contributed by atoms with Gasteiger partial charge in [-0.2, -0.15) is 0 Å². The fourth-order valence-corrected chi connectivity index (χ4v) is 1.26. The molecule has 0 aliphatic heterocycles. The summed E-state index contributed by atoms with van der Waals surface area (Å²) < 4.78 is 26.1. The van der Waals surface area contributed by atoms with Crippen molar-refractivity contribution in [3.63, 3.8) is 0 Å². The molecule has 6 heteroatoms.